The van der Waals surface area contributed by atoms with Crippen LogP contribution in [0.1, 0.15) is 36.2 Å². The van der Waals surface area contributed by atoms with Crippen molar-refractivity contribution in [3.05, 3.63) is 35.4 Å². The van der Waals surface area contributed by atoms with E-state index in [1.807, 2.05) is 13.8 Å². The molecule has 0 aromatic heterocycles. The number of carbonyl (C=O) groups excluding carboxylic acids is 1. The van der Waals surface area contributed by atoms with Crippen LogP contribution in [0.2, 0.25) is 0 Å². The summed E-state index contributed by atoms with van der Waals surface area (Å²) in [5, 5.41) is 20.8. The summed E-state index contributed by atoms with van der Waals surface area (Å²) < 4.78 is 0. The third-order valence-corrected chi connectivity index (χ3v) is 2.96. The monoisotopic (exact) mass is 251 g/mol. The summed E-state index contributed by atoms with van der Waals surface area (Å²) in [7, 11) is 0. The molecule has 1 amide bonds. The summed E-state index contributed by atoms with van der Waals surface area (Å²) in [6.45, 7) is 4.05. The highest BCUT2D eigenvalue weighted by Gasteiger charge is 2.16. The van der Waals surface area contributed by atoms with Crippen LogP contribution in [0.25, 0.3) is 0 Å². The van der Waals surface area contributed by atoms with Gasteiger partial charge in [-0.25, -0.2) is 0 Å². The van der Waals surface area contributed by atoms with Crippen LogP contribution >= 0.6 is 0 Å². The number of hydrogen-bond acceptors (Lipinski definition) is 3. The quantitative estimate of drug-likeness (QED) is 0.714. The third kappa shape index (κ3) is 4.13. The lowest BCUT2D eigenvalue weighted by molar-refractivity contribution is 0.0916. The van der Waals surface area contributed by atoms with E-state index in [1.165, 1.54) is 0 Å². The zero-order chi connectivity index (χ0) is 13.5. The molecule has 0 bridgehead atoms. The largest absolute Gasteiger partial charge is 0.396 e. The Morgan fingerprint density at radius 3 is 2.28 bits per heavy atom. The number of rotatable bonds is 6. The molecule has 100 valence electrons. The lowest BCUT2D eigenvalue weighted by Crippen LogP contribution is -2.39. The molecule has 1 aromatic rings. The lowest BCUT2D eigenvalue weighted by Gasteiger charge is -2.21. The highest BCUT2D eigenvalue weighted by atomic mass is 16.3. The second-order valence-corrected chi connectivity index (χ2v) is 4.69. The number of hydrogen-bond donors (Lipinski definition) is 3. The van der Waals surface area contributed by atoms with Gasteiger partial charge >= 0.3 is 0 Å². The number of nitrogens with one attached hydrogen (secondary N) is 1. The van der Waals surface area contributed by atoms with E-state index in [0.29, 0.717) is 12.0 Å². The maximum atomic E-state index is 12.0. The molecule has 0 aliphatic carbocycles. The predicted octanol–water partition coefficient (Wildman–Crippen LogP) is 1.32. The summed E-state index contributed by atoms with van der Waals surface area (Å²) in [6.07, 6.45) is 0.554. The zero-order valence-corrected chi connectivity index (χ0v) is 10.9. The minimum Gasteiger partial charge on any atom is -0.396 e. The zero-order valence-electron chi connectivity index (χ0n) is 10.9. The van der Waals surface area contributed by atoms with Crippen molar-refractivity contribution in [2.75, 3.05) is 6.61 Å². The van der Waals surface area contributed by atoms with Gasteiger partial charge in [-0.2, -0.15) is 0 Å². The molecule has 0 radical (unpaired) electrons. The van der Waals surface area contributed by atoms with Gasteiger partial charge in [-0.1, -0.05) is 26.0 Å². The normalized spacial score (nSPS) is 12.5. The second kappa shape index (κ2) is 7.13. The maximum absolute atomic E-state index is 12.0. The first-order valence-corrected chi connectivity index (χ1v) is 6.20. The molecule has 1 aromatic carbocycles. The Hall–Kier alpha value is -1.39. The topological polar surface area (TPSA) is 69.6 Å². The van der Waals surface area contributed by atoms with Crippen molar-refractivity contribution in [2.45, 2.75) is 32.9 Å². The Morgan fingerprint density at radius 1 is 1.22 bits per heavy atom. The number of benzene rings is 1. The van der Waals surface area contributed by atoms with Crippen LogP contribution < -0.4 is 5.32 Å². The van der Waals surface area contributed by atoms with Gasteiger partial charge in [0.15, 0.2) is 0 Å². The minimum absolute atomic E-state index is 0.0268. The van der Waals surface area contributed by atoms with Crippen molar-refractivity contribution in [1.29, 1.82) is 0 Å². The van der Waals surface area contributed by atoms with E-state index in [-0.39, 0.29) is 31.1 Å². The van der Waals surface area contributed by atoms with E-state index >= 15 is 0 Å². The standard InChI is InChI=1S/C14H21NO3/c1-10(2)13(7-8-16)15-14(18)12-5-3-11(9-17)4-6-12/h3-6,10,13,16-17H,7-9H2,1-2H3,(H,15,18). The predicted molar refractivity (Wildman–Crippen MR) is 70.2 cm³/mol. The Labute approximate surface area is 108 Å². The van der Waals surface area contributed by atoms with E-state index in [9.17, 15) is 4.79 Å². The van der Waals surface area contributed by atoms with Crippen molar-refractivity contribution in [1.82, 2.24) is 5.32 Å². The smallest absolute Gasteiger partial charge is 0.251 e. The van der Waals surface area contributed by atoms with Crippen molar-refractivity contribution < 1.29 is 15.0 Å². The minimum atomic E-state index is -0.147. The van der Waals surface area contributed by atoms with Crippen LogP contribution in [-0.4, -0.2) is 28.8 Å². The van der Waals surface area contributed by atoms with Gasteiger partial charge in [-0.05, 0) is 30.0 Å². The van der Waals surface area contributed by atoms with Crippen LogP contribution in [0.15, 0.2) is 24.3 Å². The second-order valence-electron chi connectivity index (χ2n) is 4.69. The Balaban J connectivity index is 2.67. The number of aliphatic hydroxyl groups is 2. The van der Waals surface area contributed by atoms with Crippen molar-refractivity contribution in [2.24, 2.45) is 5.92 Å². The molecular weight excluding hydrogens is 230 g/mol. The fourth-order valence-corrected chi connectivity index (χ4v) is 1.72. The van der Waals surface area contributed by atoms with Gasteiger partial charge in [0.1, 0.15) is 0 Å². The molecule has 4 heteroatoms. The summed E-state index contributed by atoms with van der Waals surface area (Å²) in [5.74, 6) is 0.129. The van der Waals surface area contributed by atoms with Gasteiger partial charge in [0.2, 0.25) is 0 Å². The van der Waals surface area contributed by atoms with E-state index in [1.54, 1.807) is 24.3 Å². The molecule has 3 N–H and O–H groups in total. The average molecular weight is 251 g/mol. The molecule has 0 saturated carbocycles. The van der Waals surface area contributed by atoms with E-state index < -0.39 is 0 Å². The first-order valence-electron chi connectivity index (χ1n) is 6.20. The van der Waals surface area contributed by atoms with Gasteiger partial charge in [0.05, 0.1) is 6.61 Å². The van der Waals surface area contributed by atoms with Gasteiger partial charge in [-0.15, -0.1) is 0 Å². The highest BCUT2D eigenvalue weighted by Crippen LogP contribution is 2.09. The molecule has 0 aliphatic heterocycles. The number of aliphatic hydroxyl groups excluding tert-OH is 2. The van der Waals surface area contributed by atoms with Crippen molar-refractivity contribution in [3.63, 3.8) is 0 Å². The van der Waals surface area contributed by atoms with Crippen LogP contribution in [0, 0.1) is 5.92 Å². The maximum Gasteiger partial charge on any atom is 0.251 e. The average Bonchev–Trinajstić information content (AvgIpc) is 2.38. The fourth-order valence-electron chi connectivity index (χ4n) is 1.72. The molecule has 1 rings (SSSR count). The van der Waals surface area contributed by atoms with Gasteiger partial charge in [0, 0.05) is 18.2 Å². The van der Waals surface area contributed by atoms with E-state index in [0.717, 1.165) is 5.56 Å². The number of carbonyl (C=O) groups is 1. The fraction of sp³-hybridized carbons (Fsp3) is 0.500. The summed E-state index contributed by atoms with van der Waals surface area (Å²) in [4.78, 5) is 12.0. The van der Waals surface area contributed by atoms with E-state index in [2.05, 4.69) is 5.32 Å². The molecule has 4 nitrogen and oxygen atoms in total. The molecular formula is C14H21NO3. The molecule has 0 saturated heterocycles. The summed E-state index contributed by atoms with van der Waals surface area (Å²) in [6, 6.07) is 6.81. The highest BCUT2D eigenvalue weighted by molar-refractivity contribution is 5.94. The van der Waals surface area contributed by atoms with Crippen LogP contribution in [0.3, 0.4) is 0 Å². The lowest BCUT2D eigenvalue weighted by atomic mass is 10.0. The van der Waals surface area contributed by atoms with Gasteiger partial charge < -0.3 is 15.5 Å². The van der Waals surface area contributed by atoms with Crippen molar-refractivity contribution >= 4 is 5.91 Å². The Kier molecular flexibility index (Phi) is 5.82. The summed E-state index contributed by atoms with van der Waals surface area (Å²) >= 11 is 0. The summed E-state index contributed by atoms with van der Waals surface area (Å²) in [5.41, 5.74) is 1.35. The first kappa shape index (κ1) is 14.7. The molecule has 1 unspecified atom stereocenters. The van der Waals surface area contributed by atoms with Gasteiger partial charge in [-0.3, -0.25) is 4.79 Å². The van der Waals surface area contributed by atoms with Crippen molar-refractivity contribution in [3.8, 4) is 0 Å². The third-order valence-electron chi connectivity index (χ3n) is 2.96. The molecule has 18 heavy (non-hydrogen) atoms. The van der Waals surface area contributed by atoms with Gasteiger partial charge in [0.25, 0.3) is 5.91 Å². The molecule has 0 fully saturated rings. The van der Waals surface area contributed by atoms with E-state index in [4.69, 9.17) is 10.2 Å². The Morgan fingerprint density at radius 2 is 1.83 bits per heavy atom. The molecule has 0 spiro atoms. The first-order chi connectivity index (χ1) is 8.58. The molecule has 0 heterocycles. The molecule has 1 atom stereocenters. The van der Waals surface area contributed by atoms with Crippen LogP contribution in [0.5, 0.6) is 0 Å². The number of amides is 1. The van der Waals surface area contributed by atoms with Crippen LogP contribution in [0.4, 0.5) is 0 Å². The SMILES string of the molecule is CC(C)C(CCO)NC(=O)c1ccc(CO)cc1. The Bertz CT molecular complexity index is 373. The van der Waals surface area contributed by atoms with Crippen LogP contribution in [-0.2, 0) is 6.61 Å². The molecule has 0 aliphatic rings.